The van der Waals surface area contributed by atoms with Gasteiger partial charge in [-0.25, -0.2) is 0 Å². The molecule has 1 aliphatic rings. The predicted octanol–water partition coefficient (Wildman–Crippen LogP) is 2.08. The summed E-state index contributed by atoms with van der Waals surface area (Å²) in [7, 11) is 0. The second kappa shape index (κ2) is 4.52. The van der Waals surface area contributed by atoms with Crippen LogP contribution in [0.4, 0.5) is 0 Å². The Morgan fingerprint density at radius 1 is 1.47 bits per heavy atom. The summed E-state index contributed by atoms with van der Waals surface area (Å²) in [4.78, 5) is 13.3. The van der Waals surface area contributed by atoms with E-state index < -0.39 is 5.97 Å². The van der Waals surface area contributed by atoms with Crippen molar-refractivity contribution in [1.82, 2.24) is 4.90 Å². The molecule has 15 heavy (non-hydrogen) atoms. The highest BCUT2D eigenvalue weighted by Crippen LogP contribution is 2.26. The number of nitrogens with zero attached hydrogens (tertiary/aromatic N) is 1. The van der Waals surface area contributed by atoms with Gasteiger partial charge in [-0.15, -0.1) is 0 Å². The molecule has 2 unspecified atom stereocenters. The number of carboxylic acid groups (broad SMARTS) is 1. The summed E-state index contributed by atoms with van der Waals surface area (Å²) in [6.45, 7) is 11.6. The van der Waals surface area contributed by atoms with Gasteiger partial charge in [0.15, 0.2) is 0 Å². The highest BCUT2D eigenvalue weighted by atomic mass is 16.4. The third-order valence-corrected chi connectivity index (χ3v) is 3.00. The first-order chi connectivity index (χ1) is 6.79. The third kappa shape index (κ3) is 3.82. The van der Waals surface area contributed by atoms with Crippen LogP contribution in [-0.4, -0.2) is 35.6 Å². The topological polar surface area (TPSA) is 40.5 Å². The van der Waals surface area contributed by atoms with Crippen LogP contribution in [0.25, 0.3) is 0 Å². The van der Waals surface area contributed by atoms with Crippen molar-refractivity contribution in [3.63, 3.8) is 0 Å². The molecule has 1 N–H and O–H groups in total. The van der Waals surface area contributed by atoms with Crippen molar-refractivity contribution >= 4 is 5.97 Å². The van der Waals surface area contributed by atoms with E-state index >= 15 is 0 Å². The lowest BCUT2D eigenvalue weighted by atomic mass is 9.85. The van der Waals surface area contributed by atoms with Crippen molar-refractivity contribution in [2.45, 2.75) is 34.1 Å². The summed E-state index contributed by atoms with van der Waals surface area (Å²) in [5, 5.41) is 9.01. The zero-order chi connectivity index (χ0) is 11.6. The van der Waals surface area contributed by atoms with Gasteiger partial charge in [0.2, 0.25) is 0 Å². The van der Waals surface area contributed by atoms with E-state index in [-0.39, 0.29) is 11.8 Å². The molecule has 0 radical (unpaired) electrons. The van der Waals surface area contributed by atoms with Crippen molar-refractivity contribution in [1.29, 1.82) is 0 Å². The minimum atomic E-state index is -0.627. The van der Waals surface area contributed by atoms with Crippen molar-refractivity contribution in [3.05, 3.63) is 0 Å². The van der Waals surface area contributed by atoms with E-state index in [1.807, 2.05) is 6.92 Å². The molecule has 0 amide bonds. The third-order valence-electron chi connectivity index (χ3n) is 3.00. The number of hydrogen-bond acceptors (Lipinski definition) is 2. The largest absolute Gasteiger partial charge is 0.481 e. The molecule has 1 rings (SSSR count). The highest BCUT2D eigenvalue weighted by Gasteiger charge is 2.32. The van der Waals surface area contributed by atoms with Gasteiger partial charge in [0, 0.05) is 13.1 Å². The van der Waals surface area contributed by atoms with Crippen molar-refractivity contribution < 1.29 is 9.90 Å². The molecule has 1 saturated heterocycles. The van der Waals surface area contributed by atoms with Gasteiger partial charge in [0.05, 0.1) is 5.92 Å². The molecule has 0 aromatic carbocycles. The molecular weight excluding hydrogens is 190 g/mol. The number of piperidine rings is 1. The van der Waals surface area contributed by atoms with Gasteiger partial charge in [-0.3, -0.25) is 4.79 Å². The van der Waals surface area contributed by atoms with Crippen LogP contribution in [0.5, 0.6) is 0 Å². The molecule has 1 aliphatic heterocycles. The lowest BCUT2D eigenvalue weighted by molar-refractivity contribution is -0.145. The van der Waals surface area contributed by atoms with Gasteiger partial charge in [-0.05, 0) is 24.3 Å². The second-order valence-electron chi connectivity index (χ2n) is 6.01. The van der Waals surface area contributed by atoms with Crippen LogP contribution in [0.15, 0.2) is 0 Å². The number of aliphatic carboxylic acids is 1. The van der Waals surface area contributed by atoms with Gasteiger partial charge in [0.25, 0.3) is 0 Å². The maximum absolute atomic E-state index is 10.9. The molecule has 88 valence electrons. The molecule has 2 atom stereocenters. The molecule has 3 nitrogen and oxygen atoms in total. The lowest BCUT2D eigenvalue weighted by Gasteiger charge is -2.38. The number of likely N-dealkylation sites (tertiary alicyclic amines) is 1. The Morgan fingerprint density at radius 3 is 2.47 bits per heavy atom. The van der Waals surface area contributed by atoms with Gasteiger partial charge in [0.1, 0.15) is 0 Å². The normalized spacial score (nSPS) is 29.1. The predicted molar refractivity (Wildman–Crippen MR) is 60.8 cm³/mol. The zero-order valence-electron chi connectivity index (χ0n) is 10.3. The Balaban J connectivity index is 2.48. The van der Waals surface area contributed by atoms with Gasteiger partial charge < -0.3 is 10.0 Å². The van der Waals surface area contributed by atoms with Crippen molar-refractivity contribution in [2.75, 3.05) is 19.6 Å². The zero-order valence-corrected chi connectivity index (χ0v) is 10.3. The minimum absolute atomic E-state index is 0.138. The minimum Gasteiger partial charge on any atom is -0.481 e. The number of carboxylic acids is 1. The van der Waals surface area contributed by atoms with E-state index in [4.69, 9.17) is 5.11 Å². The smallest absolute Gasteiger partial charge is 0.306 e. The fourth-order valence-corrected chi connectivity index (χ4v) is 2.41. The van der Waals surface area contributed by atoms with Crippen molar-refractivity contribution in [3.8, 4) is 0 Å². The molecular formula is C12H23NO2. The Kier molecular flexibility index (Phi) is 3.77. The van der Waals surface area contributed by atoms with Gasteiger partial charge in [-0.1, -0.05) is 27.7 Å². The van der Waals surface area contributed by atoms with Gasteiger partial charge in [-0.2, -0.15) is 0 Å². The summed E-state index contributed by atoms with van der Waals surface area (Å²) in [5.74, 6) is -0.488. The Labute approximate surface area is 92.5 Å². The first-order valence-electron chi connectivity index (χ1n) is 5.75. The average Bonchev–Trinajstić information content (AvgIpc) is 1.99. The fraction of sp³-hybridized carbons (Fsp3) is 0.917. The standard InChI is InChI=1S/C12H23NO2/c1-9-7-13(8-12(2,3)4)6-5-10(9)11(14)15/h9-10H,5-8H2,1-4H3,(H,14,15). The lowest BCUT2D eigenvalue weighted by Crippen LogP contribution is -2.45. The molecule has 0 bridgehead atoms. The molecule has 1 fully saturated rings. The van der Waals surface area contributed by atoms with Crippen LogP contribution in [0.3, 0.4) is 0 Å². The maximum atomic E-state index is 10.9. The first-order valence-corrected chi connectivity index (χ1v) is 5.75. The molecule has 3 heteroatoms. The Bertz CT molecular complexity index is 232. The van der Waals surface area contributed by atoms with Crippen molar-refractivity contribution in [2.24, 2.45) is 17.3 Å². The highest BCUT2D eigenvalue weighted by molar-refractivity contribution is 5.70. The van der Waals surface area contributed by atoms with Crippen LogP contribution in [-0.2, 0) is 4.79 Å². The second-order valence-corrected chi connectivity index (χ2v) is 6.01. The van der Waals surface area contributed by atoms with E-state index in [1.165, 1.54) is 0 Å². The van der Waals surface area contributed by atoms with E-state index in [0.717, 1.165) is 26.1 Å². The number of carbonyl (C=O) groups is 1. The van der Waals surface area contributed by atoms with E-state index in [2.05, 4.69) is 25.7 Å². The molecule has 0 spiro atoms. The summed E-state index contributed by atoms with van der Waals surface area (Å²) in [6.07, 6.45) is 0.798. The summed E-state index contributed by atoms with van der Waals surface area (Å²) in [6, 6.07) is 0. The Hall–Kier alpha value is -0.570. The number of rotatable bonds is 2. The molecule has 0 aliphatic carbocycles. The molecule has 0 saturated carbocycles. The SMILES string of the molecule is CC1CN(CC(C)(C)C)CCC1C(=O)O. The molecule has 0 aromatic rings. The van der Waals surface area contributed by atoms with E-state index in [9.17, 15) is 4.79 Å². The maximum Gasteiger partial charge on any atom is 0.306 e. The monoisotopic (exact) mass is 213 g/mol. The van der Waals surface area contributed by atoms with Crippen LogP contribution in [0.2, 0.25) is 0 Å². The van der Waals surface area contributed by atoms with Gasteiger partial charge >= 0.3 is 5.97 Å². The van der Waals surface area contributed by atoms with Crippen LogP contribution in [0, 0.1) is 17.3 Å². The fourth-order valence-electron chi connectivity index (χ4n) is 2.41. The summed E-state index contributed by atoms with van der Waals surface area (Å²) in [5.41, 5.74) is 0.301. The number of hydrogen-bond donors (Lipinski definition) is 1. The van der Waals surface area contributed by atoms with Crippen LogP contribution < -0.4 is 0 Å². The molecule has 1 heterocycles. The van der Waals surface area contributed by atoms with E-state index in [0.29, 0.717) is 5.41 Å². The Morgan fingerprint density at radius 2 is 2.07 bits per heavy atom. The van der Waals surface area contributed by atoms with E-state index in [1.54, 1.807) is 0 Å². The summed E-state index contributed by atoms with van der Waals surface area (Å²) >= 11 is 0. The first kappa shape index (κ1) is 12.5. The van der Waals surface area contributed by atoms with Crippen LogP contribution in [0.1, 0.15) is 34.1 Å². The van der Waals surface area contributed by atoms with Crippen LogP contribution >= 0.6 is 0 Å². The molecule has 0 aromatic heterocycles. The quantitative estimate of drug-likeness (QED) is 0.763. The summed E-state index contributed by atoms with van der Waals surface area (Å²) < 4.78 is 0. The average molecular weight is 213 g/mol.